The minimum absolute atomic E-state index is 0.109. The summed E-state index contributed by atoms with van der Waals surface area (Å²) in [6, 6.07) is 5.33. The summed E-state index contributed by atoms with van der Waals surface area (Å²) in [6.07, 6.45) is 1.17. The fourth-order valence-corrected chi connectivity index (χ4v) is 1.91. The molecule has 0 saturated carbocycles. The van der Waals surface area contributed by atoms with E-state index in [1.807, 2.05) is 6.07 Å². The number of para-hydroxylation sites is 1. The number of rotatable bonds is 3. The van der Waals surface area contributed by atoms with Gasteiger partial charge in [-0.05, 0) is 0 Å². The van der Waals surface area contributed by atoms with Crippen LogP contribution < -0.4 is 0 Å². The van der Waals surface area contributed by atoms with E-state index in [1.165, 1.54) is 6.20 Å². The highest BCUT2D eigenvalue weighted by Crippen LogP contribution is 2.32. The van der Waals surface area contributed by atoms with Crippen molar-refractivity contribution in [2.75, 3.05) is 7.11 Å². The standard InChI is InChI=1S/C11H9ClN2O3/c1-17-6-7-3-2-4-8-10(12)9(14(15)16)5-13-11(7)8/h2-5H,6H2,1H3. The lowest BCUT2D eigenvalue weighted by molar-refractivity contribution is -0.384. The maximum Gasteiger partial charge on any atom is 0.306 e. The second-order valence-corrected chi connectivity index (χ2v) is 3.84. The molecule has 1 heterocycles. The summed E-state index contributed by atoms with van der Waals surface area (Å²) in [6.45, 7) is 0.387. The van der Waals surface area contributed by atoms with E-state index in [0.717, 1.165) is 5.56 Å². The van der Waals surface area contributed by atoms with Gasteiger partial charge in [-0.3, -0.25) is 10.1 Å². The van der Waals surface area contributed by atoms with Crippen LogP contribution in [0.4, 0.5) is 5.69 Å². The average Bonchev–Trinajstić information content (AvgIpc) is 2.30. The van der Waals surface area contributed by atoms with Crippen molar-refractivity contribution in [1.82, 2.24) is 4.98 Å². The van der Waals surface area contributed by atoms with Gasteiger partial charge in [0.2, 0.25) is 0 Å². The Labute approximate surface area is 102 Å². The number of nitrogens with zero attached hydrogens (tertiary/aromatic N) is 2. The zero-order valence-corrected chi connectivity index (χ0v) is 9.77. The molecule has 17 heavy (non-hydrogen) atoms. The van der Waals surface area contributed by atoms with Crippen molar-refractivity contribution >= 4 is 28.2 Å². The molecule has 0 atom stereocenters. The highest BCUT2D eigenvalue weighted by molar-refractivity contribution is 6.37. The fourth-order valence-electron chi connectivity index (χ4n) is 1.64. The molecule has 0 aliphatic rings. The van der Waals surface area contributed by atoms with E-state index in [9.17, 15) is 10.1 Å². The van der Waals surface area contributed by atoms with Crippen LogP contribution in [-0.4, -0.2) is 17.0 Å². The first-order valence-electron chi connectivity index (χ1n) is 4.84. The third-order valence-electron chi connectivity index (χ3n) is 2.39. The van der Waals surface area contributed by atoms with Crippen molar-refractivity contribution in [2.45, 2.75) is 6.61 Å². The summed E-state index contributed by atoms with van der Waals surface area (Å²) >= 11 is 5.99. The third kappa shape index (κ3) is 2.07. The summed E-state index contributed by atoms with van der Waals surface area (Å²) in [7, 11) is 1.58. The molecule has 1 aromatic heterocycles. The number of methoxy groups -OCH3 is 1. The molecule has 0 N–H and O–H groups in total. The molecule has 0 fully saturated rings. The Morgan fingerprint density at radius 2 is 2.29 bits per heavy atom. The topological polar surface area (TPSA) is 65.3 Å². The van der Waals surface area contributed by atoms with Crippen LogP contribution >= 0.6 is 11.6 Å². The Morgan fingerprint density at radius 3 is 2.94 bits per heavy atom. The van der Waals surface area contributed by atoms with Crippen molar-refractivity contribution in [2.24, 2.45) is 0 Å². The van der Waals surface area contributed by atoms with Crippen LogP contribution in [-0.2, 0) is 11.3 Å². The first-order chi connectivity index (χ1) is 8.15. The van der Waals surface area contributed by atoms with E-state index in [-0.39, 0.29) is 10.7 Å². The molecule has 0 bridgehead atoms. The number of halogens is 1. The van der Waals surface area contributed by atoms with Crippen LogP contribution in [0.5, 0.6) is 0 Å². The Morgan fingerprint density at radius 1 is 1.53 bits per heavy atom. The summed E-state index contributed by atoms with van der Waals surface area (Å²) in [5.74, 6) is 0. The molecule has 0 aliphatic carbocycles. The van der Waals surface area contributed by atoms with Crippen LogP contribution in [0.1, 0.15) is 5.56 Å². The molecule has 2 aromatic rings. The van der Waals surface area contributed by atoms with Crippen molar-refractivity contribution in [3.63, 3.8) is 0 Å². The lowest BCUT2D eigenvalue weighted by Gasteiger charge is -2.05. The first-order valence-corrected chi connectivity index (χ1v) is 5.22. The summed E-state index contributed by atoms with van der Waals surface area (Å²) in [4.78, 5) is 14.3. The molecule has 0 saturated heterocycles. The lowest BCUT2D eigenvalue weighted by atomic mass is 10.1. The minimum Gasteiger partial charge on any atom is -0.380 e. The van der Waals surface area contributed by atoms with Crippen molar-refractivity contribution in [3.05, 3.63) is 45.1 Å². The molecule has 1 aromatic carbocycles. The van der Waals surface area contributed by atoms with Crippen molar-refractivity contribution < 1.29 is 9.66 Å². The second kappa shape index (κ2) is 4.65. The van der Waals surface area contributed by atoms with Gasteiger partial charge in [-0.2, -0.15) is 0 Å². The number of aromatic nitrogens is 1. The molecule has 88 valence electrons. The molecule has 0 spiro atoms. The number of pyridine rings is 1. The maximum absolute atomic E-state index is 10.7. The number of nitro groups is 1. The van der Waals surface area contributed by atoms with E-state index < -0.39 is 4.92 Å². The molecular formula is C11H9ClN2O3. The Balaban J connectivity index is 2.71. The van der Waals surface area contributed by atoms with Gasteiger partial charge in [-0.25, -0.2) is 4.98 Å². The Hall–Kier alpha value is -1.72. The number of fused-ring (bicyclic) bond motifs is 1. The molecule has 0 radical (unpaired) electrons. The van der Waals surface area contributed by atoms with Gasteiger partial charge in [0, 0.05) is 18.1 Å². The zero-order valence-electron chi connectivity index (χ0n) is 9.01. The second-order valence-electron chi connectivity index (χ2n) is 3.46. The van der Waals surface area contributed by atoms with Crippen molar-refractivity contribution in [3.8, 4) is 0 Å². The van der Waals surface area contributed by atoms with E-state index in [4.69, 9.17) is 16.3 Å². The van der Waals surface area contributed by atoms with Gasteiger partial charge in [0.1, 0.15) is 11.2 Å². The van der Waals surface area contributed by atoms with Gasteiger partial charge in [-0.1, -0.05) is 29.8 Å². The minimum atomic E-state index is -0.544. The smallest absolute Gasteiger partial charge is 0.306 e. The third-order valence-corrected chi connectivity index (χ3v) is 2.79. The predicted octanol–water partition coefficient (Wildman–Crippen LogP) is 2.94. The van der Waals surface area contributed by atoms with Crippen LogP contribution in [0.3, 0.4) is 0 Å². The van der Waals surface area contributed by atoms with Gasteiger partial charge in [0.25, 0.3) is 0 Å². The molecule has 6 heteroatoms. The predicted molar refractivity (Wildman–Crippen MR) is 64.1 cm³/mol. The average molecular weight is 253 g/mol. The number of ether oxygens (including phenoxy) is 1. The highest BCUT2D eigenvalue weighted by Gasteiger charge is 2.17. The Bertz CT molecular complexity index is 586. The van der Waals surface area contributed by atoms with Gasteiger partial charge < -0.3 is 4.74 Å². The molecule has 0 aliphatic heterocycles. The summed E-state index contributed by atoms with van der Waals surface area (Å²) < 4.78 is 5.04. The zero-order chi connectivity index (χ0) is 12.4. The normalized spacial score (nSPS) is 10.7. The van der Waals surface area contributed by atoms with E-state index in [1.54, 1.807) is 19.2 Å². The van der Waals surface area contributed by atoms with E-state index in [0.29, 0.717) is 17.5 Å². The van der Waals surface area contributed by atoms with E-state index >= 15 is 0 Å². The summed E-state index contributed by atoms with van der Waals surface area (Å²) in [5, 5.41) is 11.4. The lowest BCUT2D eigenvalue weighted by Crippen LogP contribution is -1.95. The molecule has 0 amide bonds. The summed E-state index contributed by atoms with van der Waals surface area (Å²) in [5.41, 5.74) is 1.29. The number of benzene rings is 1. The van der Waals surface area contributed by atoms with Gasteiger partial charge in [0.15, 0.2) is 0 Å². The molecule has 5 nitrogen and oxygen atoms in total. The highest BCUT2D eigenvalue weighted by atomic mass is 35.5. The first kappa shape index (κ1) is 11.8. The monoisotopic (exact) mass is 252 g/mol. The fraction of sp³-hybridized carbons (Fsp3) is 0.182. The van der Waals surface area contributed by atoms with Gasteiger partial charge in [0.05, 0.1) is 17.0 Å². The Kier molecular flexibility index (Phi) is 3.21. The van der Waals surface area contributed by atoms with Gasteiger partial charge >= 0.3 is 5.69 Å². The van der Waals surface area contributed by atoms with E-state index in [2.05, 4.69) is 4.98 Å². The quantitative estimate of drug-likeness (QED) is 0.622. The van der Waals surface area contributed by atoms with Crippen LogP contribution in [0.2, 0.25) is 5.02 Å². The largest absolute Gasteiger partial charge is 0.380 e. The maximum atomic E-state index is 10.7. The molecular weight excluding hydrogens is 244 g/mol. The molecule has 2 rings (SSSR count). The van der Waals surface area contributed by atoms with Gasteiger partial charge in [-0.15, -0.1) is 0 Å². The number of hydrogen-bond acceptors (Lipinski definition) is 4. The van der Waals surface area contributed by atoms with Crippen LogP contribution in [0, 0.1) is 10.1 Å². The SMILES string of the molecule is COCc1cccc2c(Cl)c([N+](=O)[O-])cnc12. The van der Waals surface area contributed by atoms with Crippen LogP contribution in [0.15, 0.2) is 24.4 Å². The van der Waals surface area contributed by atoms with Crippen LogP contribution in [0.25, 0.3) is 10.9 Å². The van der Waals surface area contributed by atoms with Crippen molar-refractivity contribution in [1.29, 1.82) is 0 Å². The number of hydrogen-bond donors (Lipinski definition) is 0. The molecule has 0 unspecified atom stereocenters.